The first-order valence-corrected chi connectivity index (χ1v) is 6.89. The van der Waals surface area contributed by atoms with Crippen LogP contribution in [0, 0.1) is 0 Å². The zero-order valence-electron chi connectivity index (χ0n) is 12.7. The summed E-state index contributed by atoms with van der Waals surface area (Å²) in [6.07, 6.45) is 1.83. The van der Waals surface area contributed by atoms with E-state index in [1.165, 1.54) is 7.11 Å². The molecule has 0 aliphatic rings. The van der Waals surface area contributed by atoms with Crippen molar-refractivity contribution in [1.29, 1.82) is 0 Å². The van der Waals surface area contributed by atoms with Crippen LogP contribution in [0.2, 0.25) is 0 Å². The monoisotopic (exact) mass is 280 g/mol. The van der Waals surface area contributed by atoms with Crippen LogP contribution < -0.4 is 15.2 Å². The van der Waals surface area contributed by atoms with Gasteiger partial charge in [-0.3, -0.25) is 4.79 Å². The molecule has 1 amide bonds. The van der Waals surface area contributed by atoms with Crippen LogP contribution in [0.5, 0.6) is 11.5 Å². The van der Waals surface area contributed by atoms with Crippen LogP contribution in [0.3, 0.4) is 0 Å². The largest absolute Gasteiger partial charge is 0.493 e. The fourth-order valence-corrected chi connectivity index (χ4v) is 2.10. The van der Waals surface area contributed by atoms with Crippen LogP contribution in [0.15, 0.2) is 12.1 Å². The second kappa shape index (κ2) is 7.62. The molecule has 0 atom stereocenters. The van der Waals surface area contributed by atoms with Crippen LogP contribution in [0.4, 0.5) is 5.69 Å². The summed E-state index contributed by atoms with van der Waals surface area (Å²) in [6.45, 7) is 5.54. The van der Waals surface area contributed by atoms with Crippen LogP contribution in [-0.4, -0.2) is 38.1 Å². The van der Waals surface area contributed by atoms with Gasteiger partial charge in [0.05, 0.1) is 19.8 Å². The number of nitrogens with zero attached hydrogens (tertiary/aromatic N) is 1. The molecule has 0 aliphatic heterocycles. The van der Waals surface area contributed by atoms with E-state index < -0.39 is 0 Å². The minimum atomic E-state index is -0.0628. The van der Waals surface area contributed by atoms with Crippen molar-refractivity contribution in [3.05, 3.63) is 17.7 Å². The number of nitrogens with two attached hydrogens (primary N) is 1. The van der Waals surface area contributed by atoms with E-state index in [9.17, 15) is 4.79 Å². The fourth-order valence-electron chi connectivity index (χ4n) is 2.10. The average molecular weight is 280 g/mol. The Labute approximate surface area is 120 Å². The molecule has 0 saturated carbocycles. The molecule has 0 aliphatic carbocycles. The lowest BCUT2D eigenvalue weighted by Crippen LogP contribution is -2.33. The number of ether oxygens (including phenoxy) is 2. The Hall–Kier alpha value is -1.91. The van der Waals surface area contributed by atoms with E-state index >= 15 is 0 Å². The first kappa shape index (κ1) is 16.1. The predicted octanol–water partition coefficient (Wildman–Crippen LogP) is 2.55. The molecule has 0 radical (unpaired) electrons. The van der Waals surface area contributed by atoms with Gasteiger partial charge in [0.25, 0.3) is 5.91 Å². The molecular weight excluding hydrogens is 256 g/mol. The summed E-state index contributed by atoms with van der Waals surface area (Å²) in [5, 5.41) is 0. The van der Waals surface area contributed by atoms with Gasteiger partial charge in [-0.05, 0) is 18.9 Å². The van der Waals surface area contributed by atoms with E-state index in [-0.39, 0.29) is 5.91 Å². The van der Waals surface area contributed by atoms with Gasteiger partial charge in [-0.1, -0.05) is 13.8 Å². The summed E-state index contributed by atoms with van der Waals surface area (Å²) in [5.74, 6) is 0.976. The summed E-state index contributed by atoms with van der Waals surface area (Å²) in [4.78, 5) is 14.4. The Morgan fingerprint density at radius 2 is 1.60 bits per heavy atom. The quantitative estimate of drug-likeness (QED) is 0.780. The second-order valence-electron chi connectivity index (χ2n) is 4.59. The Kier molecular flexibility index (Phi) is 6.15. The molecule has 0 aromatic heterocycles. The molecular formula is C15H24N2O3. The second-order valence-corrected chi connectivity index (χ2v) is 4.59. The summed E-state index contributed by atoms with van der Waals surface area (Å²) in [5.41, 5.74) is 6.84. The molecule has 1 aromatic carbocycles. The summed E-state index contributed by atoms with van der Waals surface area (Å²) < 4.78 is 10.4. The molecule has 0 spiro atoms. The van der Waals surface area contributed by atoms with Crippen molar-refractivity contribution in [1.82, 2.24) is 4.90 Å². The molecule has 20 heavy (non-hydrogen) atoms. The summed E-state index contributed by atoms with van der Waals surface area (Å²) >= 11 is 0. The van der Waals surface area contributed by atoms with Gasteiger partial charge in [0.15, 0.2) is 11.5 Å². The lowest BCUT2D eigenvalue weighted by atomic mass is 10.1. The highest BCUT2D eigenvalue weighted by Gasteiger charge is 2.19. The van der Waals surface area contributed by atoms with Crippen LogP contribution >= 0.6 is 0 Å². The lowest BCUT2D eigenvalue weighted by molar-refractivity contribution is 0.0756. The topological polar surface area (TPSA) is 64.8 Å². The van der Waals surface area contributed by atoms with Crippen molar-refractivity contribution in [2.75, 3.05) is 33.0 Å². The number of nitrogen functional groups attached to an aromatic ring is 1. The molecule has 0 saturated heterocycles. The minimum absolute atomic E-state index is 0.0628. The van der Waals surface area contributed by atoms with Gasteiger partial charge in [-0.15, -0.1) is 0 Å². The number of anilines is 1. The van der Waals surface area contributed by atoms with Crippen molar-refractivity contribution in [3.8, 4) is 11.5 Å². The molecule has 2 N–H and O–H groups in total. The number of carbonyl (C=O) groups excluding carboxylic acids is 1. The summed E-state index contributed by atoms with van der Waals surface area (Å²) in [6, 6.07) is 3.27. The Balaban J connectivity index is 3.13. The van der Waals surface area contributed by atoms with Crippen molar-refractivity contribution in [2.24, 2.45) is 0 Å². The van der Waals surface area contributed by atoms with E-state index in [2.05, 4.69) is 0 Å². The highest BCUT2D eigenvalue weighted by molar-refractivity contribution is 6.00. The number of amides is 1. The molecule has 5 heteroatoms. The van der Waals surface area contributed by atoms with Gasteiger partial charge in [-0.2, -0.15) is 0 Å². The number of carbonyl (C=O) groups is 1. The fraction of sp³-hybridized carbons (Fsp3) is 0.533. The number of benzene rings is 1. The first-order chi connectivity index (χ1) is 9.58. The standard InChI is InChI=1S/C15H24N2O3/c1-5-7-17(8-6-2)15(18)11-9-13(19-3)14(20-4)10-12(11)16/h9-10H,5-8,16H2,1-4H3. The highest BCUT2D eigenvalue weighted by Crippen LogP contribution is 2.32. The van der Waals surface area contributed by atoms with Gasteiger partial charge in [0.2, 0.25) is 0 Å². The van der Waals surface area contributed by atoms with Crippen molar-refractivity contribution < 1.29 is 14.3 Å². The SMILES string of the molecule is CCCN(CCC)C(=O)c1cc(OC)c(OC)cc1N. The van der Waals surface area contributed by atoms with Crippen LogP contribution in [0.1, 0.15) is 37.0 Å². The van der Waals surface area contributed by atoms with Crippen LogP contribution in [0.25, 0.3) is 0 Å². The molecule has 0 fully saturated rings. The maximum Gasteiger partial charge on any atom is 0.256 e. The first-order valence-electron chi connectivity index (χ1n) is 6.89. The molecule has 1 rings (SSSR count). The van der Waals surface area contributed by atoms with E-state index in [0.29, 0.717) is 22.7 Å². The lowest BCUT2D eigenvalue weighted by Gasteiger charge is -2.23. The van der Waals surface area contributed by atoms with Crippen molar-refractivity contribution in [3.63, 3.8) is 0 Å². The number of rotatable bonds is 7. The minimum Gasteiger partial charge on any atom is -0.493 e. The molecule has 112 valence electrons. The van der Waals surface area contributed by atoms with Crippen LogP contribution in [-0.2, 0) is 0 Å². The normalized spacial score (nSPS) is 10.2. The van der Waals surface area contributed by atoms with E-state index in [0.717, 1.165) is 25.9 Å². The Morgan fingerprint density at radius 1 is 1.10 bits per heavy atom. The smallest absolute Gasteiger partial charge is 0.256 e. The zero-order valence-corrected chi connectivity index (χ0v) is 12.7. The van der Waals surface area contributed by atoms with Crippen molar-refractivity contribution >= 4 is 11.6 Å². The average Bonchev–Trinajstić information content (AvgIpc) is 2.46. The maximum atomic E-state index is 12.6. The molecule has 1 aromatic rings. The van der Waals surface area contributed by atoms with Gasteiger partial charge < -0.3 is 20.1 Å². The third kappa shape index (κ3) is 3.56. The zero-order chi connectivity index (χ0) is 15.1. The third-order valence-corrected chi connectivity index (χ3v) is 3.06. The Bertz CT molecular complexity index is 455. The maximum absolute atomic E-state index is 12.6. The summed E-state index contributed by atoms with van der Waals surface area (Å²) in [7, 11) is 3.08. The third-order valence-electron chi connectivity index (χ3n) is 3.06. The van der Waals surface area contributed by atoms with E-state index in [1.807, 2.05) is 18.7 Å². The van der Waals surface area contributed by atoms with E-state index in [1.54, 1.807) is 19.2 Å². The number of methoxy groups -OCH3 is 2. The molecule has 5 nitrogen and oxygen atoms in total. The van der Waals surface area contributed by atoms with E-state index in [4.69, 9.17) is 15.2 Å². The predicted molar refractivity (Wildman–Crippen MR) is 80.4 cm³/mol. The van der Waals surface area contributed by atoms with Gasteiger partial charge in [-0.25, -0.2) is 0 Å². The number of hydrogen-bond acceptors (Lipinski definition) is 4. The van der Waals surface area contributed by atoms with Gasteiger partial charge in [0, 0.05) is 24.8 Å². The Morgan fingerprint density at radius 3 is 2.05 bits per heavy atom. The molecule has 0 unspecified atom stereocenters. The highest BCUT2D eigenvalue weighted by atomic mass is 16.5. The number of hydrogen-bond donors (Lipinski definition) is 1. The van der Waals surface area contributed by atoms with Crippen molar-refractivity contribution in [2.45, 2.75) is 26.7 Å². The van der Waals surface area contributed by atoms with Gasteiger partial charge >= 0.3 is 0 Å². The molecule has 0 bridgehead atoms. The molecule has 0 heterocycles. The van der Waals surface area contributed by atoms with Gasteiger partial charge in [0.1, 0.15) is 0 Å².